The van der Waals surface area contributed by atoms with E-state index in [0.717, 1.165) is 21.4 Å². The molecule has 202 valence electrons. The van der Waals surface area contributed by atoms with E-state index in [0.29, 0.717) is 17.5 Å². The number of hydrogen-bond donors (Lipinski definition) is 1. The van der Waals surface area contributed by atoms with Crippen molar-refractivity contribution >= 4 is 34.8 Å². The molecule has 0 saturated carbocycles. The third-order valence-corrected chi connectivity index (χ3v) is 7.21. The van der Waals surface area contributed by atoms with Crippen LogP contribution in [0, 0.1) is 5.82 Å². The number of carboxylic acid groups (broad SMARTS) is 1. The molecule has 1 atom stereocenters. The molecule has 4 aromatic rings. The van der Waals surface area contributed by atoms with Crippen molar-refractivity contribution in [3.8, 4) is 5.69 Å². The van der Waals surface area contributed by atoms with E-state index >= 15 is 0 Å². The van der Waals surface area contributed by atoms with Gasteiger partial charge in [-0.05, 0) is 59.9 Å². The summed E-state index contributed by atoms with van der Waals surface area (Å²) in [6.45, 7) is 6.19. The van der Waals surface area contributed by atoms with Gasteiger partial charge in [0, 0.05) is 13.0 Å². The van der Waals surface area contributed by atoms with Crippen molar-refractivity contribution in [2.24, 2.45) is 0 Å². The zero-order valence-corrected chi connectivity index (χ0v) is 22.2. The van der Waals surface area contributed by atoms with Crippen molar-refractivity contribution in [2.45, 2.75) is 25.8 Å². The van der Waals surface area contributed by atoms with E-state index in [1.54, 1.807) is 18.2 Å². The van der Waals surface area contributed by atoms with Crippen LogP contribution in [0.5, 0.6) is 0 Å². The smallest absolute Gasteiger partial charge is 0.335 e. The van der Waals surface area contributed by atoms with Crippen molar-refractivity contribution in [2.75, 3.05) is 6.54 Å². The van der Waals surface area contributed by atoms with Gasteiger partial charge in [-0.2, -0.15) is 0 Å². The molecule has 0 fully saturated rings. The van der Waals surface area contributed by atoms with E-state index in [1.165, 1.54) is 35.4 Å². The number of halogens is 2. The maximum Gasteiger partial charge on any atom is 0.335 e. The number of fused-ring (bicyclic) bond motifs is 1. The van der Waals surface area contributed by atoms with Crippen LogP contribution >= 0.6 is 11.6 Å². The topological polar surface area (TPSA) is 105 Å². The summed E-state index contributed by atoms with van der Waals surface area (Å²) in [6, 6.07) is 15.2. The van der Waals surface area contributed by atoms with Crippen molar-refractivity contribution in [1.82, 2.24) is 19.9 Å². The second-order valence-electron chi connectivity index (χ2n) is 9.57. The molecule has 1 aromatic heterocycles. The SMILES string of the molecule is C=C(C)c1cccc2c1CCN(C(=O)c1cn(-c3cccc(Cl)c3F)nn1)C2C(=O)Cc1ccc(C(=O)O)cc1. The van der Waals surface area contributed by atoms with Crippen LogP contribution in [0.15, 0.2) is 73.4 Å². The predicted molar refractivity (Wildman–Crippen MR) is 147 cm³/mol. The van der Waals surface area contributed by atoms with Gasteiger partial charge in [-0.15, -0.1) is 5.10 Å². The lowest BCUT2D eigenvalue weighted by Crippen LogP contribution is -2.44. The Labute approximate surface area is 234 Å². The van der Waals surface area contributed by atoms with Crippen LogP contribution in [0.1, 0.15) is 56.1 Å². The Hall–Kier alpha value is -4.63. The van der Waals surface area contributed by atoms with E-state index in [4.69, 9.17) is 11.6 Å². The summed E-state index contributed by atoms with van der Waals surface area (Å²) in [6.07, 6.45) is 1.78. The zero-order chi connectivity index (χ0) is 28.6. The summed E-state index contributed by atoms with van der Waals surface area (Å²) < 4.78 is 15.7. The highest BCUT2D eigenvalue weighted by molar-refractivity contribution is 6.30. The summed E-state index contributed by atoms with van der Waals surface area (Å²) in [7, 11) is 0. The summed E-state index contributed by atoms with van der Waals surface area (Å²) in [5, 5.41) is 17.0. The molecule has 0 aliphatic carbocycles. The molecule has 2 heterocycles. The Balaban J connectivity index is 1.51. The summed E-state index contributed by atoms with van der Waals surface area (Å²) in [5.41, 5.74) is 4.13. The van der Waals surface area contributed by atoms with Crippen LogP contribution in [-0.2, 0) is 17.6 Å². The van der Waals surface area contributed by atoms with Gasteiger partial charge < -0.3 is 10.0 Å². The number of rotatable bonds is 7. The molecule has 0 bridgehead atoms. The number of hydrogen-bond acceptors (Lipinski definition) is 5. The molecule has 8 nitrogen and oxygen atoms in total. The van der Waals surface area contributed by atoms with E-state index in [9.17, 15) is 23.9 Å². The lowest BCUT2D eigenvalue weighted by molar-refractivity contribution is -0.123. The number of benzene rings is 3. The number of nitrogens with zero attached hydrogens (tertiary/aromatic N) is 4. The summed E-state index contributed by atoms with van der Waals surface area (Å²) >= 11 is 5.90. The highest BCUT2D eigenvalue weighted by atomic mass is 35.5. The molecular weight excluding hydrogens is 535 g/mol. The molecular formula is C30H24ClFN4O4. The van der Waals surface area contributed by atoms with Crippen LogP contribution < -0.4 is 0 Å². The van der Waals surface area contributed by atoms with Gasteiger partial charge >= 0.3 is 5.97 Å². The van der Waals surface area contributed by atoms with Gasteiger partial charge in [-0.1, -0.05) is 65.4 Å². The highest BCUT2D eigenvalue weighted by Gasteiger charge is 2.38. The largest absolute Gasteiger partial charge is 0.478 e. The van der Waals surface area contributed by atoms with E-state index in [-0.39, 0.29) is 40.7 Å². The molecule has 1 unspecified atom stereocenters. The lowest BCUT2D eigenvalue weighted by Gasteiger charge is -2.37. The number of aromatic nitrogens is 3. The first-order chi connectivity index (χ1) is 19.2. The summed E-state index contributed by atoms with van der Waals surface area (Å²) in [5.74, 6) is -2.53. The number of ketones is 1. The number of amides is 1. The molecule has 5 rings (SSSR count). The Bertz CT molecular complexity index is 1660. The Morgan fingerprint density at radius 2 is 1.82 bits per heavy atom. The van der Waals surface area contributed by atoms with Crippen LogP contribution in [-0.4, -0.2) is 49.2 Å². The molecule has 1 amide bonds. The third kappa shape index (κ3) is 5.03. The van der Waals surface area contributed by atoms with Crippen molar-refractivity contribution in [3.63, 3.8) is 0 Å². The number of Topliss-reactive ketones (excluding diaryl/α,β-unsaturated/α-hetero) is 1. The fraction of sp³-hybridized carbons (Fsp3) is 0.167. The van der Waals surface area contributed by atoms with Gasteiger partial charge in [-0.25, -0.2) is 13.9 Å². The van der Waals surface area contributed by atoms with E-state index in [1.807, 2.05) is 25.1 Å². The summed E-state index contributed by atoms with van der Waals surface area (Å²) in [4.78, 5) is 40.3. The molecule has 40 heavy (non-hydrogen) atoms. The molecule has 10 heteroatoms. The minimum Gasteiger partial charge on any atom is -0.478 e. The molecule has 0 radical (unpaired) electrons. The Morgan fingerprint density at radius 3 is 2.52 bits per heavy atom. The minimum absolute atomic E-state index is 0.0223. The van der Waals surface area contributed by atoms with Crippen molar-refractivity contribution in [3.05, 3.63) is 118 Å². The van der Waals surface area contributed by atoms with Crippen LogP contribution in [0.25, 0.3) is 11.3 Å². The van der Waals surface area contributed by atoms with Crippen LogP contribution in [0.2, 0.25) is 5.02 Å². The quantitative estimate of drug-likeness (QED) is 0.328. The van der Waals surface area contributed by atoms with Gasteiger partial charge in [0.2, 0.25) is 0 Å². The fourth-order valence-electron chi connectivity index (χ4n) is 4.99. The number of carbonyl (C=O) groups is 3. The molecule has 3 aromatic carbocycles. The molecule has 0 spiro atoms. The average Bonchev–Trinajstić information content (AvgIpc) is 3.43. The fourth-order valence-corrected chi connectivity index (χ4v) is 5.16. The van der Waals surface area contributed by atoms with Gasteiger partial charge in [0.05, 0.1) is 16.8 Å². The molecule has 0 saturated heterocycles. The minimum atomic E-state index is -1.06. The molecule has 1 N–H and O–H groups in total. The van der Waals surface area contributed by atoms with Crippen molar-refractivity contribution < 1.29 is 23.9 Å². The van der Waals surface area contributed by atoms with Gasteiger partial charge in [0.1, 0.15) is 11.7 Å². The maximum atomic E-state index is 14.6. The second-order valence-corrected chi connectivity index (χ2v) is 9.98. The number of allylic oxidation sites excluding steroid dienone is 1. The Kier molecular flexibility index (Phi) is 7.32. The molecule has 1 aliphatic heterocycles. The first-order valence-corrected chi connectivity index (χ1v) is 12.8. The molecule has 1 aliphatic rings. The average molecular weight is 559 g/mol. The highest BCUT2D eigenvalue weighted by Crippen LogP contribution is 2.36. The Morgan fingerprint density at radius 1 is 1.10 bits per heavy atom. The first kappa shape index (κ1) is 27.0. The van der Waals surface area contributed by atoms with Gasteiger partial charge in [0.25, 0.3) is 5.91 Å². The monoisotopic (exact) mass is 558 g/mol. The zero-order valence-electron chi connectivity index (χ0n) is 21.5. The first-order valence-electron chi connectivity index (χ1n) is 12.5. The number of carboxylic acids is 1. The van der Waals surface area contributed by atoms with E-state index < -0.39 is 23.7 Å². The lowest BCUT2D eigenvalue weighted by atomic mass is 9.84. The van der Waals surface area contributed by atoms with Gasteiger partial charge in [0.15, 0.2) is 17.3 Å². The maximum absolute atomic E-state index is 14.6. The van der Waals surface area contributed by atoms with Gasteiger partial charge in [-0.3, -0.25) is 9.59 Å². The van der Waals surface area contributed by atoms with Crippen LogP contribution in [0.3, 0.4) is 0 Å². The predicted octanol–water partition coefficient (Wildman–Crippen LogP) is 5.34. The van der Waals surface area contributed by atoms with E-state index in [2.05, 4.69) is 16.9 Å². The normalized spacial score (nSPS) is 14.5. The number of carbonyl (C=O) groups excluding carboxylic acids is 2. The van der Waals surface area contributed by atoms with Crippen LogP contribution in [0.4, 0.5) is 4.39 Å². The second kappa shape index (κ2) is 10.9. The number of aromatic carboxylic acids is 1. The standard InChI is InChI=1S/C30H24ClFN4O4/c1-17(2)20-5-3-6-22-21(20)13-14-35(28(22)26(37)15-18-9-11-19(12-10-18)30(39)40)29(38)24-16-36(34-33-24)25-8-4-7-23(31)27(25)32/h3-12,16,28H,1,13-15H2,2H3,(H,39,40). The third-order valence-electron chi connectivity index (χ3n) is 6.92. The van der Waals surface area contributed by atoms with Crippen molar-refractivity contribution in [1.29, 1.82) is 0 Å².